The molecule has 1 aromatic rings. The number of halogens is 1. The Kier molecular flexibility index (Phi) is 6.03. The van der Waals surface area contributed by atoms with Gasteiger partial charge in [-0.25, -0.2) is 0 Å². The Morgan fingerprint density at radius 1 is 1.43 bits per heavy atom. The van der Waals surface area contributed by atoms with Crippen LogP contribution in [0, 0.1) is 0 Å². The monoisotopic (exact) mass is 309 g/mol. The first-order valence-electron chi connectivity index (χ1n) is 7.52. The van der Waals surface area contributed by atoms with Gasteiger partial charge in [-0.15, -0.1) is 0 Å². The van der Waals surface area contributed by atoms with Gasteiger partial charge in [0, 0.05) is 25.2 Å². The Hall–Kier alpha value is -1.10. The molecule has 1 saturated heterocycles. The molecule has 1 N–H and O–H groups in total. The largest absolute Gasteiger partial charge is 0.338 e. The van der Waals surface area contributed by atoms with Crippen molar-refractivity contribution in [1.29, 1.82) is 0 Å². The number of benzene rings is 1. The van der Waals surface area contributed by atoms with Crippen LogP contribution in [0.15, 0.2) is 24.3 Å². The molecule has 1 unspecified atom stereocenters. The number of likely N-dealkylation sites (N-methyl/N-ethyl adjacent to an activating group) is 1. The highest BCUT2D eigenvalue weighted by molar-refractivity contribution is 6.30. The summed E-state index contributed by atoms with van der Waals surface area (Å²) in [4.78, 5) is 16.5. The number of carbonyl (C=O) groups excluding carboxylic acids is 1. The van der Waals surface area contributed by atoms with Gasteiger partial charge >= 0.3 is 0 Å². The van der Waals surface area contributed by atoms with Crippen molar-refractivity contribution in [2.24, 2.45) is 0 Å². The lowest BCUT2D eigenvalue weighted by Crippen LogP contribution is -2.40. The van der Waals surface area contributed by atoms with Gasteiger partial charge in [-0.1, -0.05) is 23.7 Å². The molecule has 1 atom stereocenters. The van der Waals surface area contributed by atoms with Gasteiger partial charge in [-0.2, -0.15) is 0 Å². The van der Waals surface area contributed by atoms with E-state index in [1.165, 1.54) is 0 Å². The average molecular weight is 310 g/mol. The molecule has 0 aromatic heterocycles. The van der Waals surface area contributed by atoms with Gasteiger partial charge in [-0.3, -0.25) is 9.69 Å². The molecule has 0 bridgehead atoms. The number of hydrogen-bond acceptors (Lipinski definition) is 3. The second-order valence-corrected chi connectivity index (χ2v) is 6.05. The minimum absolute atomic E-state index is 0.0290. The fraction of sp³-hybridized carbons (Fsp3) is 0.562. The molecular formula is C16H24ClN3O. The quantitative estimate of drug-likeness (QED) is 0.926. The Labute approximate surface area is 132 Å². The third-order valence-electron chi connectivity index (χ3n) is 4.10. The van der Waals surface area contributed by atoms with E-state index in [9.17, 15) is 4.79 Å². The third-order valence-corrected chi connectivity index (χ3v) is 4.33. The van der Waals surface area contributed by atoms with Crippen molar-refractivity contribution < 1.29 is 4.79 Å². The summed E-state index contributed by atoms with van der Waals surface area (Å²) in [6.07, 6.45) is 1.10. The Balaban J connectivity index is 1.94. The molecule has 1 aliphatic heterocycles. The van der Waals surface area contributed by atoms with Crippen molar-refractivity contribution in [3.05, 3.63) is 34.9 Å². The lowest BCUT2D eigenvalue weighted by atomic mass is 10.1. The summed E-state index contributed by atoms with van der Waals surface area (Å²) in [6, 6.07) is 7.74. The van der Waals surface area contributed by atoms with E-state index in [1.807, 2.05) is 43.1 Å². The van der Waals surface area contributed by atoms with E-state index >= 15 is 0 Å². The molecule has 5 heteroatoms. The highest BCUT2D eigenvalue weighted by atomic mass is 35.5. The summed E-state index contributed by atoms with van der Waals surface area (Å²) in [6.45, 7) is 6.44. The van der Waals surface area contributed by atoms with Gasteiger partial charge in [0.2, 0.25) is 5.91 Å². The first kappa shape index (κ1) is 16.3. The van der Waals surface area contributed by atoms with Crippen LogP contribution >= 0.6 is 11.6 Å². The lowest BCUT2D eigenvalue weighted by Gasteiger charge is -2.28. The highest BCUT2D eigenvalue weighted by Gasteiger charge is 2.20. The maximum Gasteiger partial charge on any atom is 0.236 e. The molecule has 1 amide bonds. The standard InChI is InChI=1S/C16H24ClN3O/c1-13(14-5-3-6-15(17)11-14)19(2)16(21)12-20-9-4-7-18-8-10-20/h3,5-6,11,13,18H,4,7-10,12H2,1-2H3. The number of nitrogens with one attached hydrogen (secondary N) is 1. The number of hydrogen-bond donors (Lipinski definition) is 1. The molecule has 116 valence electrons. The normalized spacial score (nSPS) is 18.0. The molecule has 1 aliphatic rings. The highest BCUT2D eigenvalue weighted by Crippen LogP contribution is 2.22. The first-order chi connectivity index (χ1) is 10.1. The summed E-state index contributed by atoms with van der Waals surface area (Å²) < 4.78 is 0. The molecule has 2 rings (SSSR count). The van der Waals surface area contributed by atoms with Crippen molar-refractivity contribution in [2.45, 2.75) is 19.4 Å². The van der Waals surface area contributed by atoms with Crippen molar-refractivity contribution in [3.63, 3.8) is 0 Å². The Morgan fingerprint density at radius 2 is 2.24 bits per heavy atom. The molecular weight excluding hydrogens is 286 g/mol. The van der Waals surface area contributed by atoms with E-state index in [4.69, 9.17) is 11.6 Å². The van der Waals surface area contributed by atoms with E-state index in [2.05, 4.69) is 10.2 Å². The summed E-state index contributed by atoms with van der Waals surface area (Å²) >= 11 is 6.03. The van der Waals surface area contributed by atoms with Gasteiger partial charge in [0.1, 0.15) is 0 Å². The smallest absolute Gasteiger partial charge is 0.236 e. The van der Waals surface area contributed by atoms with Crippen molar-refractivity contribution >= 4 is 17.5 Å². The van der Waals surface area contributed by atoms with Crippen LogP contribution in [-0.4, -0.2) is 55.5 Å². The van der Waals surface area contributed by atoms with Crippen LogP contribution in [-0.2, 0) is 4.79 Å². The van der Waals surface area contributed by atoms with Gasteiger partial charge in [-0.05, 0) is 44.1 Å². The zero-order valence-electron chi connectivity index (χ0n) is 12.8. The molecule has 1 heterocycles. The molecule has 0 spiro atoms. The van der Waals surface area contributed by atoms with Gasteiger partial charge < -0.3 is 10.2 Å². The zero-order valence-corrected chi connectivity index (χ0v) is 13.6. The van der Waals surface area contributed by atoms with E-state index in [0.29, 0.717) is 11.6 Å². The van der Waals surface area contributed by atoms with Crippen LogP contribution in [0.1, 0.15) is 24.9 Å². The number of nitrogens with zero attached hydrogens (tertiary/aromatic N) is 2. The second-order valence-electron chi connectivity index (χ2n) is 5.62. The molecule has 21 heavy (non-hydrogen) atoms. The minimum atomic E-state index is 0.0290. The van der Waals surface area contributed by atoms with Crippen LogP contribution in [0.3, 0.4) is 0 Å². The van der Waals surface area contributed by atoms with Gasteiger partial charge in [0.15, 0.2) is 0 Å². The maximum absolute atomic E-state index is 12.5. The van der Waals surface area contributed by atoms with Gasteiger partial charge in [0.25, 0.3) is 0 Å². The molecule has 1 fully saturated rings. The SMILES string of the molecule is CC(c1cccc(Cl)c1)N(C)C(=O)CN1CCCNCC1. The molecule has 0 saturated carbocycles. The Bertz CT molecular complexity index is 472. The molecule has 0 aliphatic carbocycles. The summed E-state index contributed by atoms with van der Waals surface area (Å²) in [7, 11) is 1.87. The van der Waals surface area contributed by atoms with E-state index < -0.39 is 0 Å². The van der Waals surface area contributed by atoms with Crippen molar-refractivity contribution in [3.8, 4) is 0 Å². The van der Waals surface area contributed by atoms with E-state index in [-0.39, 0.29) is 11.9 Å². The van der Waals surface area contributed by atoms with Crippen LogP contribution < -0.4 is 5.32 Å². The zero-order chi connectivity index (χ0) is 15.2. The molecule has 1 aromatic carbocycles. The van der Waals surface area contributed by atoms with E-state index in [1.54, 1.807) is 0 Å². The van der Waals surface area contributed by atoms with Crippen molar-refractivity contribution in [2.75, 3.05) is 39.8 Å². The topological polar surface area (TPSA) is 35.6 Å². The number of carbonyl (C=O) groups is 1. The van der Waals surface area contributed by atoms with Crippen LogP contribution in [0.2, 0.25) is 5.02 Å². The van der Waals surface area contributed by atoms with Crippen molar-refractivity contribution in [1.82, 2.24) is 15.1 Å². The lowest BCUT2D eigenvalue weighted by molar-refractivity contribution is -0.133. The van der Waals surface area contributed by atoms with Crippen LogP contribution in [0.25, 0.3) is 0 Å². The number of amides is 1. The van der Waals surface area contributed by atoms with Crippen LogP contribution in [0.4, 0.5) is 0 Å². The molecule has 4 nitrogen and oxygen atoms in total. The first-order valence-corrected chi connectivity index (χ1v) is 7.90. The fourth-order valence-corrected chi connectivity index (χ4v) is 2.77. The third kappa shape index (κ3) is 4.70. The van der Waals surface area contributed by atoms with Gasteiger partial charge in [0.05, 0.1) is 12.6 Å². The predicted molar refractivity (Wildman–Crippen MR) is 86.6 cm³/mol. The summed E-state index contributed by atoms with van der Waals surface area (Å²) in [5.41, 5.74) is 1.07. The molecule has 0 radical (unpaired) electrons. The predicted octanol–water partition coefficient (Wildman–Crippen LogP) is 2.15. The second kappa shape index (κ2) is 7.78. The number of rotatable bonds is 4. The average Bonchev–Trinajstić information content (AvgIpc) is 2.74. The van der Waals surface area contributed by atoms with Crippen LogP contribution in [0.5, 0.6) is 0 Å². The Morgan fingerprint density at radius 3 is 3.00 bits per heavy atom. The minimum Gasteiger partial charge on any atom is -0.338 e. The maximum atomic E-state index is 12.5. The summed E-state index contributed by atoms with van der Waals surface area (Å²) in [5.74, 6) is 0.157. The summed E-state index contributed by atoms with van der Waals surface area (Å²) in [5, 5.41) is 4.06. The van der Waals surface area contributed by atoms with E-state index in [0.717, 1.165) is 38.2 Å². The fourth-order valence-electron chi connectivity index (χ4n) is 2.57.